The zero-order chi connectivity index (χ0) is 22.5. The second-order valence-corrected chi connectivity index (χ2v) is 7.49. The number of aromatic carboxylic acids is 1. The quantitative estimate of drug-likeness (QED) is 0.427. The highest BCUT2D eigenvalue weighted by atomic mass is 16.4. The van der Waals surface area contributed by atoms with Crippen molar-refractivity contribution in [2.45, 2.75) is 19.9 Å². The second-order valence-electron chi connectivity index (χ2n) is 7.49. The number of carboxylic acid groups (broad SMARTS) is 1. The summed E-state index contributed by atoms with van der Waals surface area (Å²) in [4.78, 5) is 24.7. The maximum absolute atomic E-state index is 13.2. The molecule has 1 aromatic heterocycles. The fourth-order valence-corrected chi connectivity index (χ4v) is 3.70. The zero-order valence-corrected chi connectivity index (χ0v) is 17.8. The van der Waals surface area contributed by atoms with Crippen molar-refractivity contribution in [2.24, 2.45) is 0 Å². The van der Waals surface area contributed by atoms with E-state index >= 15 is 0 Å². The Bertz CT molecular complexity index is 1310. The number of aromatic nitrogens is 2. The van der Waals surface area contributed by atoms with E-state index in [2.05, 4.69) is 6.92 Å². The molecular formula is C27H24N2O3. The van der Waals surface area contributed by atoms with Gasteiger partial charge in [-0.05, 0) is 47.4 Å². The number of nitrogens with zero attached hydrogens (tertiary/aromatic N) is 2. The number of allylic oxidation sites excluding steroid dienone is 1. The van der Waals surface area contributed by atoms with Crippen LogP contribution in [0.25, 0.3) is 22.9 Å². The largest absolute Gasteiger partial charge is 0.478 e. The molecule has 32 heavy (non-hydrogen) atoms. The summed E-state index contributed by atoms with van der Waals surface area (Å²) in [7, 11) is 0. The summed E-state index contributed by atoms with van der Waals surface area (Å²) >= 11 is 0. The molecule has 160 valence electrons. The normalized spacial score (nSPS) is 11.2. The van der Waals surface area contributed by atoms with E-state index in [4.69, 9.17) is 0 Å². The minimum Gasteiger partial charge on any atom is -0.478 e. The molecule has 0 radical (unpaired) electrons. The third-order valence-corrected chi connectivity index (χ3v) is 5.33. The Morgan fingerprint density at radius 2 is 1.62 bits per heavy atom. The Labute approximate surface area is 186 Å². The Kier molecular flexibility index (Phi) is 6.17. The van der Waals surface area contributed by atoms with Crippen LogP contribution in [0.3, 0.4) is 0 Å². The summed E-state index contributed by atoms with van der Waals surface area (Å²) in [6, 6.07) is 24.2. The SMILES string of the molecule is CCC=Cc1cn(-c2ccccc2)c(=O)n1Cc1ccc(-c2ccccc2C(=O)O)cc1. The van der Waals surface area contributed by atoms with Gasteiger partial charge in [0.05, 0.1) is 23.5 Å². The number of imidazole rings is 1. The van der Waals surface area contributed by atoms with Crippen LogP contribution in [0.4, 0.5) is 0 Å². The van der Waals surface area contributed by atoms with Gasteiger partial charge in [-0.1, -0.05) is 73.7 Å². The van der Waals surface area contributed by atoms with E-state index in [1.807, 2.05) is 79.0 Å². The van der Waals surface area contributed by atoms with Gasteiger partial charge in [0.1, 0.15) is 0 Å². The van der Waals surface area contributed by atoms with Gasteiger partial charge in [-0.15, -0.1) is 0 Å². The van der Waals surface area contributed by atoms with E-state index in [9.17, 15) is 14.7 Å². The first-order chi connectivity index (χ1) is 15.6. The summed E-state index contributed by atoms with van der Waals surface area (Å²) < 4.78 is 3.41. The molecule has 4 rings (SSSR count). The van der Waals surface area contributed by atoms with Crippen molar-refractivity contribution in [3.63, 3.8) is 0 Å². The van der Waals surface area contributed by atoms with Crippen molar-refractivity contribution in [3.05, 3.63) is 118 Å². The molecule has 0 unspecified atom stereocenters. The lowest BCUT2D eigenvalue weighted by molar-refractivity contribution is 0.0697. The molecule has 3 aromatic carbocycles. The van der Waals surface area contributed by atoms with Crippen LogP contribution < -0.4 is 5.69 Å². The Hall–Kier alpha value is -4.12. The van der Waals surface area contributed by atoms with Crippen molar-refractivity contribution in [3.8, 4) is 16.8 Å². The molecule has 4 aromatic rings. The number of para-hydroxylation sites is 1. The molecule has 0 amide bonds. The van der Waals surface area contributed by atoms with Crippen LogP contribution in [0, 0.1) is 0 Å². The van der Waals surface area contributed by atoms with Crippen LogP contribution in [-0.2, 0) is 6.54 Å². The van der Waals surface area contributed by atoms with Crippen LogP contribution >= 0.6 is 0 Å². The third kappa shape index (κ3) is 4.32. The Balaban J connectivity index is 1.69. The molecule has 1 N–H and O–H groups in total. The maximum atomic E-state index is 13.2. The highest BCUT2D eigenvalue weighted by molar-refractivity contribution is 5.95. The first-order valence-corrected chi connectivity index (χ1v) is 10.5. The van der Waals surface area contributed by atoms with Crippen molar-refractivity contribution < 1.29 is 9.90 Å². The summed E-state index contributed by atoms with van der Waals surface area (Å²) in [5.41, 5.74) is 4.28. The number of rotatable bonds is 7. The predicted molar refractivity (Wildman–Crippen MR) is 127 cm³/mol. The Morgan fingerprint density at radius 3 is 2.31 bits per heavy atom. The topological polar surface area (TPSA) is 64.2 Å². The van der Waals surface area contributed by atoms with E-state index in [0.717, 1.165) is 28.9 Å². The van der Waals surface area contributed by atoms with Gasteiger partial charge in [-0.25, -0.2) is 9.59 Å². The van der Waals surface area contributed by atoms with Gasteiger partial charge in [0.25, 0.3) is 0 Å². The van der Waals surface area contributed by atoms with Crippen molar-refractivity contribution in [1.29, 1.82) is 0 Å². The highest BCUT2D eigenvalue weighted by Gasteiger charge is 2.13. The Morgan fingerprint density at radius 1 is 0.938 bits per heavy atom. The van der Waals surface area contributed by atoms with E-state index in [1.54, 1.807) is 27.3 Å². The fraction of sp³-hybridized carbons (Fsp3) is 0.111. The van der Waals surface area contributed by atoms with E-state index in [0.29, 0.717) is 12.1 Å². The number of hydrogen-bond donors (Lipinski definition) is 1. The first kappa shape index (κ1) is 21.1. The molecule has 0 saturated carbocycles. The molecule has 1 heterocycles. The van der Waals surface area contributed by atoms with Gasteiger partial charge in [0, 0.05) is 6.20 Å². The van der Waals surface area contributed by atoms with Crippen LogP contribution in [0.2, 0.25) is 0 Å². The summed E-state index contributed by atoms with van der Waals surface area (Å²) in [5, 5.41) is 9.46. The number of carboxylic acids is 1. The molecular weight excluding hydrogens is 400 g/mol. The highest BCUT2D eigenvalue weighted by Crippen LogP contribution is 2.24. The summed E-state index contributed by atoms with van der Waals surface area (Å²) in [5.74, 6) is -0.953. The summed E-state index contributed by atoms with van der Waals surface area (Å²) in [6.07, 6.45) is 6.74. The predicted octanol–water partition coefficient (Wildman–Crippen LogP) is 5.48. The lowest BCUT2D eigenvalue weighted by Crippen LogP contribution is -2.24. The average Bonchev–Trinajstić information content (AvgIpc) is 3.14. The molecule has 0 atom stereocenters. The van der Waals surface area contributed by atoms with Gasteiger partial charge in [0.2, 0.25) is 0 Å². The zero-order valence-electron chi connectivity index (χ0n) is 17.8. The molecule has 0 bridgehead atoms. The molecule has 5 heteroatoms. The number of hydrogen-bond acceptors (Lipinski definition) is 2. The van der Waals surface area contributed by atoms with Crippen LogP contribution in [0.1, 0.15) is 35.0 Å². The average molecular weight is 425 g/mol. The molecule has 0 aliphatic heterocycles. The minimum atomic E-state index is -0.953. The van der Waals surface area contributed by atoms with Crippen LogP contribution in [0.5, 0.6) is 0 Å². The fourth-order valence-electron chi connectivity index (χ4n) is 3.70. The van der Waals surface area contributed by atoms with Gasteiger partial charge in [-0.2, -0.15) is 0 Å². The molecule has 0 fully saturated rings. The monoisotopic (exact) mass is 424 g/mol. The molecule has 0 aliphatic carbocycles. The van der Waals surface area contributed by atoms with E-state index in [1.165, 1.54) is 0 Å². The maximum Gasteiger partial charge on any atom is 0.336 e. The lowest BCUT2D eigenvalue weighted by Gasteiger charge is -2.09. The van der Waals surface area contributed by atoms with Crippen molar-refractivity contribution in [1.82, 2.24) is 9.13 Å². The molecule has 0 saturated heterocycles. The smallest absolute Gasteiger partial charge is 0.336 e. The van der Waals surface area contributed by atoms with Gasteiger partial charge >= 0.3 is 11.7 Å². The van der Waals surface area contributed by atoms with Gasteiger partial charge in [0.15, 0.2) is 0 Å². The second kappa shape index (κ2) is 9.35. The number of carbonyl (C=O) groups is 1. The molecule has 0 spiro atoms. The van der Waals surface area contributed by atoms with Crippen molar-refractivity contribution >= 4 is 12.0 Å². The summed E-state index contributed by atoms with van der Waals surface area (Å²) in [6.45, 7) is 2.48. The lowest BCUT2D eigenvalue weighted by atomic mass is 9.99. The van der Waals surface area contributed by atoms with Gasteiger partial charge in [-0.3, -0.25) is 9.13 Å². The standard InChI is InChI=1S/C27H24N2O3/c1-2-3-9-23-19-29(22-10-5-4-6-11-22)27(32)28(23)18-20-14-16-21(17-15-20)24-12-7-8-13-25(24)26(30)31/h3-17,19H,2,18H2,1H3,(H,30,31). The first-order valence-electron chi connectivity index (χ1n) is 10.5. The molecule has 5 nitrogen and oxygen atoms in total. The molecule has 0 aliphatic rings. The number of benzene rings is 3. The van der Waals surface area contributed by atoms with Gasteiger partial charge < -0.3 is 5.11 Å². The minimum absolute atomic E-state index is 0.104. The van der Waals surface area contributed by atoms with E-state index in [-0.39, 0.29) is 11.3 Å². The van der Waals surface area contributed by atoms with E-state index < -0.39 is 5.97 Å². The van der Waals surface area contributed by atoms with Crippen molar-refractivity contribution in [2.75, 3.05) is 0 Å². The third-order valence-electron chi connectivity index (χ3n) is 5.33. The van der Waals surface area contributed by atoms with Crippen LogP contribution in [0.15, 0.2) is 95.9 Å². The van der Waals surface area contributed by atoms with Crippen LogP contribution in [-0.4, -0.2) is 20.2 Å².